The van der Waals surface area contributed by atoms with E-state index >= 15 is 0 Å². The SMILES string of the molecule is NC1(Cc2ccc3ccccc3c2)CCNCC1. The zero-order chi connectivity index (χ0) is 12.4. The van der Waals surface area contributed by atoms with Crippen molar-refractivity contribution in [1.82, 2.24) is 5.32 Å². The minimum absolute atomic E-state index is 0.0201. The quantitative estimate of drug-likeness (QED) is 0.846. The van der Waals surface area contributed by atoms with Gasteiger partial charge in [0.25, 0.3) is 0 Å². The summed E-state index contributed by atoms with van der Waals surface area (Å²) in [5.74, 6) is 0. The van der Waals surface area contributed by atoms with Crippen molar-refractivity contribution in [3.05, 3.63) is 48.0 Å². The Morgan fingerprint density at radius 1 is 1.00 bits per heavy atom. The van der Waals surface area contributed by atoms with Crippen LogP contribution in [0.5, 0.6) is 0 Å². The van der Waals surface area contributed by atoms with Crippen LogP contribution in [0.1, 0.15) is 18.4 Å². The standard InChI is InChI=1S/C16H20N2/c17-16(7-9-18-10-8-16)12-13-5-6-14-3-1-2-4-15(14)11-13/h1-6,11,18H,7-10,12,17H2. The normalized spacial score (nSPS) is 18.9. The Bertz CT molecular complexity index is 542. The second-order valence-corrected chi connectivity index (χ2v) is 5.47. The van der Waals surface area contributed by atoms with Gasteiger partial charge in [-0.1, -0.05) is 42.5 Å². The zero-order valence-corrected chi connectivity index (χ0v) is 10.7. The fourth-order valence-electron chi connectivity index (χ4n) is 2.86. The first kappa shape index (κ1) is 11.7. The molecule has 1 heterocycles. The molecule has 2 aromatic carbocycles. The van der Waals surface area contributed by atoms with Gasteiger partial charge in [0.2, 0.25) is 0 Å². The van der Waals surface area contributed by atoms with Crippen molar-refractivity contribution in [1.29, 1.82) is 0 Å². The van der Waals surface area contributed by atoms with Gasteiger partial charge in [-0.15, -0.1) is 0 Å². The van der Waals surface area contributed by atoms with Crippen LogP contribution in [0.2, 0.25) is 0 Å². The Morgan fingerprint density at radius 2 is 1.72 bits per heavy atom. The molecule has 1 aliphatic rings. The van der Waals surface area contributed by atoms with Crippen LogP contribution in [0, 0.1) is 0 Å². The molecule has 3 N–H and O–H groups in total. The van der Waals surface area contributed by atoms with Gasteiger partial charge in [-0.05, 0) is 48.7 Å². The molecule has 1 fully saturated rings. The lowest BCUT2D eigenvalue weighted by Gasteiger charge is -2.34. The summed E-state index contributed by atoms with van der Waals surface area (Å²) in [6.45, 7) is 2.09. The first-order chi connectivity index (χ1) is 8.75. The molecule has 0 radical (unpaired) electrons. The molecule has 0 spiro atoms. The van der Waals surface area contributed by atoms with E-state index in [9.17, 15) is 0 Å². The van der Waals surface area contributed by atoms with Crippen molar-refractivity contribution in [2.75, 3.05) is 13.1 Å². The van der Waals surface area contributed by atoms with Gasteiger partial charge in [0.1, 0.15) is 0 Å². The fraction of sp³-hybridized carbons (Fsp3) is 0.375. The maximum atomic E-state index is 6.50. The summed E-state index contributed by atoms with van der Waals surface area (Å²) in [4.78, 5) is 0. The molecular formula is C16H20N2. The van der Waals surface area contributed by atoms with Crippen molar-refractivity contribution >= 4 is 10.8 Å². The lowest BCUT2D eigenvalue weighted by atomic mass is 9.83. The van der Waals surface area contributed by atoms with Crippen molar-refractivity contribution < 1.29 is 0 Å². The Balaban J connectivity index is 1.85. The second-order valence-electron chi connectivity index (χ2n) is 5.47. The molecule has 0 aliphatic carbocycles. The van der Waals surface area contributed by atoms with Crippen molar-refractivity contribution in [2.45, 2.75) is 24.8 Å². The summed E-state index contributed by atoms with van der Waals surface area (Å²) in [7, 11) is 0. The van der Waals surface area contributed by atoms with Crippen LogP contribution in [-0.4, -0.2) is 18.6 Å². The first-order valence-corrected chi connectivity index (χ1v) is 6.73. The van der Waals surface area contributed by atoms with E-state index < -0.39 is 0 Å². The topological polar surface area (TPSA) is 38.0 Å². The Labute approximate surface area is 108 Å². The Kier molecular flexibility index (Phi) is 3.06. The summed E-state index contributed by atoms with van der Waals surface area (Å²) in [6, 6.07) is 15.2. The Hall–Kier alpha value is -1.38. The lowest BCUT2D eigenvalue weighted by molar-refractivity contribution is 0.308. The average molecular weight is 240 g/mol. The molecule has 0 aromatic heterocycles. The molecule has 0 atom stereocenters. The molecule has 94 valence electrons. The number of nitrogens with two attached hydrogens (primary N) is 1. The van der Waals surface area contributed by atoms with E-state index in [1.807, 2.05) is 0 Å². The molecular weight excluding hydrogens is 220 g/mol. The van der Waals surface area contributed by atoms with Crippen molar-refractivity contribution in [2.24, 2.45) is 5.73 Å². The smallest absolute Gasteiger partial charge is 0.0219 e. The minimum Gasteiger partial charge on any atom is -0.325 e. The van der Waals surface area contributed by atoms with E-state index in [4.69, 9.17) is 5.73 Å². The van der Waals surface area contributed by atoms with E-state index in [0.29, 0.717) is 0 Å². The van der Waals surface area contributed by atoms with Crippen LogP contribution in [0.3, 0.4) is 0 Å². The number of nitrogens with one attached hydrogen (secondary N) is 1. The van der Waals surface area contributed by atoms with Crippen LogP contribution >= 0.6 is 0 Å². The molecule has 18 heavy (non-hydrogen) atoms. The highest BCUT2D eigenvalue weighted by Crippen LogP contribution is 2.23. The van der Waals surface area contributed by atoms with Crippen LogP contribution in [-0.2, 0) is 6.42 Å². The third-order valence-electron chi connectivity index (χ3n) is 3.97. The van der Waals surface area contributed by atoms with Crippen LogP contribution < -0.4 is 11.1 Å². The van der Waals surface area contributed by atoms with Crippen molar-refractivity contribution in [3.8, 4) is 0 Å². The van der Waals surface area contributed by atoms with Gasteiger partial charge in [0.05, 0.1) is 0 Å². The van der Waals surface area contributed by atoms with Crippen LogP contribution in [0.4, 0.5) is 0 Å². The predicted octanol–water partition coefficient (Wildman–Crippen LogP) is 2.46. The molecule has 0 bridgehead atoms. The monoisotopic (exact) mass is 240 g/mol. The zero-order valence-electron chi connectivity index (χ0n) is 10.7. The number of hydrogen-bond donors (Lipinski definition) is 2. The molecule has 0 amide bonds. The highest BCUT2D eigenvalue weighted by Gasteiger charge is 2.27. The van der Waals surface area contributed by atoms with Gasteiger partial charge in [0.15, 0.2) is 0 Å². The number of piperidine rings is 1. The molecule has 1 saturated heterocycles. The fourth-order valence-corrected chi connectivity index (χ4v) is 2.86. The minimum atomic E-state index is -0.0201. The van der Waals surface area contributed by atoms with E-state index in [1.165, 1.54) is 16.3 Å². The highest BCUT2D eigenvalue weighted by atomic mass is 14.9. The molecule has 0 saturated carbocycles. The van der Waals surface area contributed by atoms with E-state index in [-0.39, 0.29) is 5.54 Å². The van der Waals surface area contributed by atoms with E-state index in [1.54, 1.807) is 0 Å². The summed E-state index contributed by atoms with van der Waals surface area (Å²) >= 11 is 0. The van der Waals surface area contributed by atoms with Gasteiger partial charge in [-0.2, -0.15) is 0 Å². The second kappa shape index (κ2) is 4.71. The van der Waals surface area contributed by atoms with E-state index in [2.05, 4.69) is 47.8 Å². The molecule has 1 aliphatic heterocycles. The maximum Gasteiger partial charge on any atom is 0.0219 e. The average Bonchev–Trinajstić information content (AvgIpc) is 2.39. The van der Waals surface area contributed by atoms with Crippen LogP contribution in [0.15, 0.2) is 42.5 Å². The molecule has 0 unspecified atom stereocenters. The predicted molar refractivity (Wildman–Crippen MR) is 76.7 cm³/mol. The van der Waals surface area contributed by atoms with Gasteiger partial charge in [-0.25, -0.2) is 0 Å². The van der Waals surface area contributed by atoms with Gasteiger partial charge < -0.3 is 11.1 Å². The van der Waals surface area contributed by atoms with Crippen LogP contribution in [0.25, 0.3) is 10.8 Å². The number of benzene rings is 2. The largest absolute Gasteiger partial charge is 0.325 e. The number of fused-ring (bicyclic) bond motifs is 1. The summed E-state index contributed by atoms with van der Waals surface area (Å²) < 4.78 is 0. The van der Waals surface area contributed by atoms with Gasteiger partial charge in [-0.3, -0.25) is 0 Å². The molecule has 3 rings (SSSR count). The number of rotatable bonds is 2. The van der Waals surface area contributed by atoms with Gasteiger partial charge >= 0.3 is 0 Å². The third-order valence-corrected chi connectivity index (χ3v) is 3.97. The lowest BCUT2D eigenvalue weighted by Crippen LogP contribution is -2.50. The molecule has 2 aromatic rings. The summed E-state index contributed by atoms with van der Waals surface area (Å²) in [6.07, 6.45) is 3.12. The highest BCUT2D eigenvalue weighted by molar-refractivity contribution is 5.83. The molecule has 2 heteroatoms. The summed E-state index contributed by atoms with van der Waals surface area (Å²) in [5, 5.41) is 5.99. The van der Waals surface area contributed by atoms with Gasteiger partial charge in [0, 0.05) is 5.54 Å². The Morgan fingerprint density at radius 3 is 2.50 bits per heavy atom. The first-order valence-electron chi connectivity index (χ1n) is 6.73. The van der Waals surface area contributed by atoms with Crippen molar-refractivity contribution in [3.63, 3.8) is 0 Å². The molecule has 2 nitrogen and oxygen atoms in total. The third kappa shape index (κ3) is 2.40. The summed E-state index contributed by atoms with van der Waals surface area (Å²) in [5.41, 5.74) is 7.83. The van der Waals surface area contributed by atoms with E-state index in [0.717, 1.165) is 32.4 Å². The maximum absolute atomic E-state index is 6.50. The number of hydrogen-bond acceptors (Lipinski definition) is 2.